The molecule has 0 radical (unpaired) electrons. The first-order valence-electron chi connectivity index (χ1n) is 10.7. The molecule has 2 fully saturated rings. The summed E-state index contributed by atoms with van der Waals surface area (Å²) in [5.41, 5.74) is 8.98. The SMILES string of the molecule is Cc1cc(N2CCN(C3CCC(CN)(c4cccc(Cl)c4)CC3)C2=O)ccc1C(=O)O. The molecule has 1 saturated heterocycles. The molecular formula is C24H28ClN3O3. The Morgan fingerprint density at radius 1 is 1.19 bits per heavy atom. The van der Waals surface area contributed by atoms with Crippen molar-refractivity contribution in [1.82, 2.24) is 4.90 Å². The molecule has 164 valence electrons. The van der Waals surface area contributed by atoms with Crippen molar-refractivity contribution < 1.29 is 14.7 Å². The molecule has 3 N–H and O–H groups in total. The molecule has 4 rings (SSSR count). The van der Waals surface area contributed by atoms with Gasteiger partial charge < -0.3 is 15.7 Å². The fourth-order valence-corrected chi connectivity index (χ4v) is 5.27. The van der Waals surface area contributed by atoms with Gasteiger partial charge in [0.05, 0.1) is 5.56 Å². The normalized spacial score (nSPS) is 24.0. The van der Waals surface area contributed by atoms with Crippen LogP contribution in [-0.2, 0) is 5.41 Å². The Kier molecular flexibility index (Phi) is 5.95. The van der Waals surface area contributed by atoms with Crippen molar-refractivity contribution in [2.24, 2.45) is 5.73 Å². The van der Waals surface area contributed by atoms with Gasteiger partial charge in [-0.15, -0.1) is 0 Å². The molecule has 2 aliphatic rings. The van der Waals surface area contributed by atoms with Crippen LogP contribution in [0.15, 0.2) is 42.5 Å². The summed E-state index contributed by atoms with van der Waals surface area (Å²) < 4.78 is 0. The highest BCUT2D eigenvalue weighted by molar-refractivity contribution is 6.30. The summed E-state index contributed by atoms with van der Waals surface area (Å²) in [6.45, 7) is 3.61. The second-order valence-electron chi connectivity index (χ2n) is 8.66. The van der Waals surface area contributed by atoms with E-state index in [1.807, 2.05) is 23.1 Å². The molecule has 1 heterocycles. The summed E-state index contributed by atoms with van der Waals surface area (Å²) in [6.07, 6.45) is 3.65. The number of halogens is 1. The third-order valence-electron chi connectivity index (χ3n) is 6.97. The zero-order chi connectivity index (χ0) is 22.2. The average molecular weight is 442 g/mol. The number of rotatable bonds is 5. The zero-order valence-corrected chi connectivity index (χ0v) is 18.4. The van der Waals surface area contributed by atoms with Crippen LogP contribution >= 0.6 is 11.6 Å². The lowest BCUT2D eigenvalue weighted by Crippen LogP contribution is -2.46. The highest BCUT2D eigenvalue weighted by Gasteiger charge is 2.41. The molecule has 0 bridgehead atoms. The molecule has 1 aliphatic carbocycles. The van der Waals surface area contributed by atoms with Crippen LogP contribution in [0.25, 0.3) is 0 Å². The lowest BCUT2D eigenvalue weighted by molar-refractivity contribution is 0.0696. The molecule has 2 aromatic carbocycles. The van der Waals surface area contributed by atoms with Crippen molar-refractivity contribution in [3.05, 3.63) is 64.2 Å². The first kappa shape index (κ1) is 21.7. The predicted molar refractivity (Wildman–Crippen MR) is 122 cm³/mol. The molecule has 0 atom stereocenters. The third kappa shape index (κ3) is 4.02. The smallest absolute Gasteiger partial charge is 0.335 e. The van der Waals surface area contributed by atoms with Gasteiger partial charge in [-0.1, -0.05) is 23.7 Å². The van der Waals surface area contributed by atoms with Crippen molar-refractivity contribution >= 4 is 29.3 Å². The van der Waals surface area contributed by atoms with Gasteiger partial charge in [-0.05, 0) is 74.1 Å². The molecule has 0 spiro atoms. The van der Waals surface area contributed by atoms with Gasteiger partial charge in [0.1, 0.15) is 0 Å². The summed E-state index contributed by atoms with van der Waals surface area (Å²) >= 11 is 6.22. The first-order chi connectivity index (χ1) is 14.8. The van der Waals surface area contributed by atoms with Crippen molar-refractivity contribution in [3.63, 3.8) is 0 Å². The van der Waals surface area contributed by atoms with Crippen molar-refractivity contribution in [2.75, 3.05) is 24.5 Å². The Labute approximate surface area is 187 Å². The summed E-state index contributed by atoms with van der Waals surface area (Å²) in [5.74, 6) is -0.955. The molecular weight excluding hydrogens is 414 g/mol. The van der Waals surface area contributed by atoms with E-state index in [0.717, 1.165) is 36.4 Å². The number of benzene rings is 2. The molecule has 0 aromatic heterocycles. The van der Waals surface area contributed by atoms with E-state index in [1.54, 1.807) is 30.0 Å². The largest absolute Gasteiger partial charge is 0.478 e. The van der Waals surface area contributed by atoms with E-state index in [4.69, 9.17) is 17.3 Å². The number of carboxylic acid groups (broad SMARTS) is 1. The van der Waals surface area contributed by atoms with Crippen LogP contribution in [0.2, 0.25) is 5.02 Å². The van der Waals surface area contributed by atoms with Crippen LogP contribution in [0.3, 0.4) is 0 Å². The van der Waals surface area contributed by atoms with Crippen LogP contribution in [0.4, 0.5) is 10.5 Å². The topological polar surface area (TPSA) is 86.9 Å². The number of aryl methyl sites for hydroxylation is 1. The maximum Gasteiger partial charge on any atom is 0.335 e. The quantitative estimate of drug-likeness (QED) is 0.718. The Balaban J connectivity index is 1.46. The summed E-state index contributed by atoms with van der Waals surface area (Å²) in [7, 11) is 0. The van der Waals surface area contributed by atoms with E-state index in [2.05, 4.69) is 6.07 Å². The summed E-state index contributed by atoms with van der Waals surface area (Å²) in [4.78, 5) is 28.2. The number of hydrogen-bond acceptors (Lipinski definition) is 3. The molecule has 7 heteroatoms. The standard InChI is InChI=1S/C24H28ClN3O3/c1-16-13-20(5-6-21(16)22(29)30)28-12-11-27(23(28)31)19-7-9-24(15-26,10-8-19)17-3-2-4-18(25)14-17/h2-6,13-14,19H,7-12,15,26H2,1H3,(H,29,30). The number of aromatic carboxylic acids is 1. The fraction of sp³-hybridized carbons (Fsp3) is 0.417. The number of amides is 2. The van der Waals surface area contributed by atoms with Crippen LogP contribution in [-0.4, -0.2) is 47.7 Å². The van der Waals surface area contributed by atoms with E-state index in [1.165, 1.54) is 5.56 Å². The molecule has 0 unspecified atom stereocenters. The molecule has 2 amide bonds. The average Bonchev–Trinajstić information content (AvgIpc) is 3.14. The van der Waals surface area contributed by atoms with Gasteiger partial charge >= 0.3 is 12.0 Å². The minimum atomic E-state index is -0.955. The molecule has 1 aliphatic heterocycles. The number of carboxylic acids is 1. The second kappa shape index (κ2) is 8.52. The van der Waals surface area contributed by atoms with Gasteiger partial charge in [-0.3, -0.25) is 4.90 Å². The number of hydrogen-bond donors (Lipinski definition) is 2. The lowest BCUT2D eigenvalue weighted by atomic mass is 9.68. The Bertz CT molecular complexity index is 1000. The Morgan fingerprint density at radius 2 is 1.94 bits per heavy atom. The number of carbonyl (C=O) groups is 2. The van der Waals surface area contributed by atoms with E-state index < -0.39 is 5.97 Å². The monoisotopic (exact) mass is 441 g/mol. The molecule has 6 nitrogen and oxygen atoms in total. The van der Waals surface area contributed by atoms with Crippen LogP contribution < -0.4 is 10.6 Å². The van der Waals surface area contributed by atoms with Gasteiger partial charge in [0.15, 0.2) is 0 Å². The zero-order valence-electron chi connectivity index (χ0n) is 17.7. The van der Waals surface area contributed by atoms with Crippen LogP contribution in [0.5, 0.6) is 0 Å². The number of carbonyl (C=O) groups excluding carboxylic acids is 1. The first-order valence-corrected chi connectivity index (χ1v) is 11.1. The summed E-state index contributed by atoms with van der Waals surface area (Å²) in [6, 6.07) is 13.2. The van der Waals surface area contributed by atoms with Gasteiger partial charge in [0.25, 0.3) is 0 Å². The van der Waals surface area contributed by atoms with Crippen molar-refractivity contribution in [1.29, 1.82) is 0 Å². The van der Waals surface area contributed by atoms with Crippen molar-refractivity contribution in [2.45, 2.75) is 44.1 Å². The lowest BCUT2D eigenvalue weighted by Gasteiger charge is -2.42. The third-order valence-corrected chi connectivity index (χ3v) is 7.21. The Hall–Kier alpha value is -2.57. The minimum Gasteiger partial charge on any atom is -0.478 e. The van der Waals surface area contributed by atoms with E-state index in [9.17, 15) is 14.7 Å². The van der Waals surface area contributed by atoms with Crippen molar-refractivity contribution in [3.8, 4) is 0 Å². The van der Waals surface area contributed by atoms with Gasteiger partial charge in [0, 0.05) is 41.8 Å². The maximum atomic E-state index is 13.2. The van der Waals surface area contributed by atoms with Crippen LogP contribution in [0.1, 0.15) is 47.2 Å². The van der Waals surface area contributed by atoms with E-state index in [0.29, 0.717) is 25.2 Å². The minimum absolute atomic E-state index is 0.00419. The second-order valence-corrected chi connectivity index (χ2v) is 9.09. The number of nitrogens with zero attached hydrogens (tertiary/aromatic N) is 2. The van der Waals surface area contributed by atoms with Gasteiger partial charge in [0.2, 0.25) is 0 Å². The molecule has 31 heavy (non-hydrogen) atoms. The summed E-state index contributed by atoms with van der Waals surface area (Å²) in [5, 5.41) is 9.97. The highest BCUT2D eigenvalue weighted by Crippen LogP contribution is 2.41. The molecule has 2 aromatic rings. The van der Waals surface area contributed by atoms with Gasteiger partial charge in [-0.2, -0.15) is 0 Å². The van der Waals surface area contributed by atoms with Gasteiger partial charge in [-0.25, -0.2) is 9.59 Å². The maximum absolute atomic E-state index is 13.2. The molecule has 1 saturated carbocycles. The Morgan fingerprint density at radius 3 is 2.55 bits per heavy atom. The highest BCUT2D eigenvalue weighted by atomic mass is 35.5. The fourth-order valence-electron chi connectivity index (χ4n) is 5.08. The van der Waals surface area contributed by atoms with Crippen LogP contribution in [0, 0.1) is 6.92 Å². The van der Waals surface area contributed by atoms with E-state index >= 15 is 0 Å². The number of urea groups is 1. The predicted octanol–water partition coefficient (Wildman–Crippen LogP) is 4.43. The number of nitrogens with two attached hydrogens (primary N) is 1. The van der Waals surface area contributed by atoms with E-state index in [-0.39, 0.29) is 23.1 Å². The number of anilines is 1.